The monoisotopic (exact) mass is 247 g/mol. The highest BCUT2D eigenvalue weighted by atomic mass is 16.4. The number of carbonyl (C=O) groups is 1. The molecule has 0 aliphatic heterocycles. The molecule has 98 valence electrons. The highest BCUT2D eigenvalue weighted by Gasteiger charge is 2.31. The highest BCUT2D eigenvalue weighted by molar-refractivity contribution is 5.76. The van der Waals surface area contributed by atoms with Crippen LogP contribution in [0.15, 0.2) is 24.3 Å². The SMILES string of the molecule is CN(C)c1ccc(C(C(=O)O)C2CCCC2)cc1. The second-order valence-corrected chi connectivity index (χ2v) is 5.35. The fourth-order valence-electron chi connectivity index (χ4n) is 2.89. The summed E-state index contributed by atoms with van der Waals surface area (Å²) in [5.41, 5.74) is 2.05. The van der Waals surface area contributed by atoms with E-state index in [1.54, 1.807) is 0 Å². The summed E-state index contributed by atoms with van der Waals surface area (Å²) in [6.07, 6.45) is 4.44. The minimum Gasteiger partial charge on any atom is -0.481 e. The molecule has 0 saturated heterocycles. The third kappa shape index (κ3) is 2.66. The average Bonchev–Trinajstić information content (AvgIpc) is 2.83. The van der Waals surface area contributed by atoms with E-state index in [0.717, 1.165) is 24.1 Å². The van der Waals surface area contributed by atoms with E-state index in [2.05, 4.69) is 0 Å². The molecule has 1 aromatic carbocycles. The van der Waals surface area contributed by atoms with Gasteiger partial charge in [0.1, 0.15) is 0 Å². The predicted octanol–water partition coefficient (Wildman–Crippen LogP) is 3.11. The topological polar surface area (TPSA) is 40.5 Å². The molecule has 0 spiro atoms. The van der Waals surface area contributed by atoms with E-state index < -0.39 is 5.97 Å². The maximum atomic E-state index is 11.5. The number of benzene rings is 1. The third-order valence-electron chi connectivity index (χ3n) is 3.91. The van der Waals surface area contributed by atoms with Gasteiger partial charge in [0, 0.05) is 19.8 Å². The fourth-order valence-corrected chi connectivity index (χ4v) is 2.89. The Kier molecular flexibility index (Phi) is 3.90. The van der Waals surface area contributed by atoms with Gasteiger partial charge in [0.05, 0.1) is 5.92 Å². The lowest BCUT2D eigenvalue weighted by molar-refractivity contribution is -0.140. The van der Waals surface area contributed by atoms with Crippen LogP contribution in [0, 0.1) is 5.92 Å². The first kappa shape index (κ1) is 12.9. The molecule has 2 rings (SSSR count). The molecule has 1 atom stereocenters. The molecule has 0 bridgehead atoms. The third-order valence-corrected chi connectivity index (χ3v) is 3.91. The van der Waals surface area contributed by atoms with Gasteiger partial charge in [-0.05, 0) is 36.5 Å². The van der Waals surface area contributed by atoms with E-state index in [4.69, 9.17) is 0 Å². The Morgan fingerprint density at radius 2 is 1.78 bits per heavy atom. The lowest BCUT2D eigenvalue weighted by Crippen LogP contribution is -2.19. The predicted molar refractivity (Wildman–Crippen MR) is 73.1 cm³/mol. The van der Waals surface area contributed by atoms with Crippen LogP contribution in [0.2, 0.25) is 0 Å². The Bertz CT molecular complexity index is 405. The van der Waals surface area contributed by atoms with Crippen LogP contribution in [-0.2, 0) is 4.79 Å². The van der Waals surface area contributed by atoms with Crippen LogP contribution in [0.3, 0.4) is 0 Å². The van der Waals surface area contributed by atoms with Crippen molar-refractivity contribution in [3.63, 3.8) is 0 Å². The van der Waals surface area contributed by atoms with Gasteiger partial charge in [-0.15, -0.1) is 0 Å². The van der Waals surface area contributed by atoms with Crippen molar-refractivity contribution in [1.29, 1.82) is 0 Å². The Hall–Kier alpha value is -1.51. The Morgan fingerprint density at radius 1 is 1.22 bits per heavy atom. The molecular formula is C15H21NO2. The number of carboxylic acid groups (broad SMARTS) is 1. The van der Waals surface area contributed by atoms with Crippen molar-refractivity contribution >= 4 is 11.7 Å². The van der Waals surface area contributed by atoms with E-state index in [1.165, 1.54) is 12.8 Å². The quantitative estimate of drug-likeness (QED) is 0.888. The number of anilines is 1. The summed E-state index contributed by atoms with van der Waals surface area (Å²) in [6.45, 7) is 0. The lowest BCUT2D eigenvalue weighted by atomic mass is 9.85. The fraction of sp³-hybridized carbons (Fsp3) is 0.533. The maximum Gasteiger partial charge on any atom is 0.311 e. The molecule has 3 nitrogen and oxygen atoms in total. The Balaban J connectivity index is 2.22. The number of nitrogens with zero attached hydrogens (tertiary/aromatic N) is 1. The van der Waals surface area contributed by atoms with Crippen LogP contribution in [0.1, 0.15) is 37.2 Å². The van der Waals surface area contributed by atoms with Gasteiger partial charge >= 0.3 is 5.97 Å². The Morgan fingerprint density at radius 3 is 2.22 bits per heavy atom. The van der Waals surface area contributed by atoms with Gasteiger partial charge in [0.15, 0.2) is 0 Å². The van der Waals surface area contributed by atoms with Crippen LogP contribution in [0.5, 0.6) is 0 Å². The standard InChI is InChI=1S/C15H21NO2/c1-16(2)13-9-7-12(8-10-13)14(15(17)18)11-5-3-4-6-11/h7-11,14H,3-6H2,1-2H3,(H,17,18). The van der Waals surface area contributed by atoms with Crippen molar-refractivity contribution in [3.05, 3.63) is 29.8 Å². The molecule has 1 saturated carbocycles. The molecule has 0 heterocycles. The summed E-state index contributed by atoms with van der Waals surface area (Å²) < 4.78 is 0. The van der Waals surface area contributed by atoms with Crippen LogP contribution < -0.4 is 4.90 Å². The molecule has 3 heteroatoms. The molecule has 1 aromatic rings. The summed E-state index contributed by atoms with van der Waals surface area (Å²) in [5.74, 6) is -0.698. The first-order chi connectivity index (χ1) is 8.59. The maximum absolute atomic E-state index is 11.5. The number of hydrogen-bond acceptors (Lipinski definition) is 2. The molecule has 1 N–H and O–H groups in total. The van der Waals surface area contributed by atoms with Gasteiger partial charge in [-0.1, -0.05) is 25.0 Å². The number of aliphatic carboxylic acids is 1. The van der Waals surface area contributed by atoms with E-state index in [0.29, 0.717) is 5.92 Å². The van der Waals surface area contributed by atoms with Crippen molar-refractivity contribution in [1.82, 2.24) is 0 Å². The summed E-state index contributed by atoms with van der Waals surface area (Å²) >= 11 is 0. The molecular weight excluding hydrogens is 226 g/mol. The van der Waals surface area contributed by atoms with E-state index in [1.807, 2.05) is 43.3 Å². The normalized spacial score (nSPS) is 17.7. The van der Waals surface area contributed by atoms with Crippen LogP contribution >= 0.6 is 0 Å². The van der Waals surface area contributed by atoms with Crippen LogP contribution in [-0.4, -0.2) is 25.2 Å². The zero-order valence-electron chi connectivity index (χ0n) is 11.1. The summed E-state index contributed by atoms with van der Waals surface area (Å²) in [4.78, 5) is 13.5. The summed E-state index contributed by atoms with van der Waals surface area (Å²) in [6, 6.07) is 7.93. The number of rotatable bonds is 4. The molecule has 18 heavy (non-hydrogen) atoms. The zero-order valence-corrected chi connectivity index (χ0v) is 11.1. The summed E-state index contributed by atoms with van der Waals surface area (Å²) in [5, 5.41) is 9.46. The van der Waals surface area contributed by atoms with Gasteiger partial charge in [0.25, 0.3) is 0 Å². The molecule has 0 amide bonds. The largest absolute Gasteiger partial charge is 0.481 e. The summed E-state index contributed by atoms with van der Waals surface area (Å²) in [7, 11) is 3.97. The average molecular weight is 247 g/mol. The number of carboxylic acids is 1. The highest BCUT2D eigenvalue weighted by Crippen LogP contribution is 2.37. The van der Waals surface area contributed by atoms with Crippen LogP contribution in [0.4, 0.5) is 5.69 Å². The minimum absolute atomic E-state index is 0.313. The van der Waals surface area contributed by atoms with Crippen molar-refractivity contribution < 1.29 is 9.90 Å². The van der Waals surface area contributed by atoms with Gasteiger partial charge in [-0.25, -0.2) is 0 Å². The van der Waals surface area contributed by atoms with Crippen molar-refractivity contribution in [2.45, 2.75) is 31.6 Å². The molecule has 1 aliphatic carbocycles. The molecule has 1 unspecified atom stereocenters. The second-order valence-electron chi connectivity index (χ2n) is 5.35. The first-order valence-electron chi connectivity index (χ1n) is 6.59. The van der Waals surface area contributed by atoms with E-state index in [9.17, 15) is 9.90 Å². The van der Waals surface area contributed by atoms with Gasteiger partial charge in [-0.3, -0.25) is 4.79 Å². The van der Waals surface area contributed by atoms with E-state index >= 15 is 0 Å². The smallest absolute Gasteiger partial charge is 0.311 e. The molecule has 1 fully saturated rings. The van der Waals surface area contributed by atoms with Crippen molar-refractivity contribution in [2.24, 2.45) is 5.92 Å². The van der Waals surface area contributed by atoms with Gasteiger partial charge in [-0.2, -0.15) is 0 Å². The second kappa shape index (κ2) is 5.42. The zero-order chi connectivity index (χ0) is 13.1. The van der Waals surface area contributed by atoms with Gasteiger partial charge < -0.3 is 10.0 Å². The van der Waals surface area contributed by atoms with Crippen LogP contribution in [0.25, 0.3) is 0 Å². The molecule has 1 aliphatic rings. The Labute approximate surface area is 108 Å². The van der Waals surface area contributed by atoms with Gasteiger partial charge in [0.2, 0.25) is 0 Å². The first-order valence-corrected chi connectivity index (χ1v) is 6.59. The molecule has 0 radical (unpaired) electrons. The molecule has 0 aromatic heterocycles. The minimum atomic E-state index is -0.681. The van der Waals surface area contributed by atoms with Crippen molar-refractivity contribution in [2.75, 3.05) is 19.0 Å². The number of hydrogen-bond donors (Lipinski definition) is 1. The van der Waals surface area contributed by atoms with E-state index in [-0.39, 0.29) is 5.92 Å². The van der Waals surface area contributed by atoms with Crippen molar-refractivity contribution in [3.8, 4) is 0 Å². The lowest BCUT2D eigenvalue weighted by Gasteiger charge is -2.20.